The van der Waals surface area contributed by atoms with E-state index in [9.17, 15) is 14.3 Å². The molecule has 1 aliphatic heterocycles. The van der Waals surface area contributed by atoms with Crippen molar-refractivity contribution < 1.29 is 14.3 Å². The first kappa shape index (κ1) is 15.4. The number of aryl methyl sites for hydroxylation is 1. The second kappa shape index (κ2) is 6.34. The largest absolute Gasteiger partial charge is 0.506 e. The summed E-state index contributed by atoms with van der Waals surface area (Å²) in [6.07, 6.45) is 3.36. The highest BCUT2D eigenvalue weighted by Crippen LogP contribution is 2.40. The fourth-order valence-electron chi connectivity index (χ4n) is 3.22. The van der Waals surface area contributed by atoms with Crippen LogP contribution in [0.15, 0.2) is 6.07 Å². The third kappa shape index (κ3) is 2.87. The minimum atomic E-state index is -0.385. The number of fused-ring (bicyclic) bond motifs is 1. The van der Waals surface area contributed by atoms with Crippen LogP contribution in [0.3, 0.4) is 0 Å². The molecular weight excluding hydrogens is 305 g/mol. The van der Waals surface area contributed by atoms with Crippen LogP contribution >= 0.6 is 12.1 Å². The number of rotatable bonds is 3. The van der Waals surface area contributed by atoms with Crippen molar-refractivity contribution in [3.05, 3.63) is 23.0 Å². The van der Waals surface area contributed by atoms with Gasteiger partial charge in [-0.05, 0) is 62.4 Å². The first-order chi connectivity index (χ1) is 10.6. The van der Waals surface area contributed by atoms with Gasteiger partial charge in [0.1, 0.15) is 18.0 Å². The molecule has 1 aromatic carbocycles. The molecule has 3 rings (SSSR count). The molecule has 7 heteroatoms. The number of carbonyl (C=O) groups excluding carboxylic acids is 1. The van der Waals surface area contributed by atoms with Gasteiger partial charge in [-0.25, -0.2) is 4.39 Å². The molecule has 1 amide bonds. The number of amides is 1. The van der Waals surface area contributed by atoms with E-state index < -0.39 is 0 Å². The van der Waals surface area contributed by atoms with Gasteiger partial charge in [-0.2, -0.15) is 0 Å². The molecule has 0 bridgehead atoms. The van der Waals surface area contributed by atoms with Crippen LogP contribution in [0.5, 0.6) is 5.75 Å². The number of hydrogen-bond donors (Lipinski definition) is 3. The van der Waals surface area contributed by atoms with Gasteiger partial charge in [0.25, 0.3) is 5.91 Å². The standard InChI is InChI=1S/C15H20FN3O2S/c1-17-7-9-2-4-10-6-12(20)15(14(16)11(10)5-3-9)19-8-13(21)18-22-19/h6,9,17,20H,2-5,7-8H2,1H3,(H,18,21)/t9-/m1/s1. The Bertz CT molecular complexity index is 597. The van der Waals surface area contributed by atoms with Crippen molar-refractivity contribution >= 4 is 23.7 Å². The van der Waals surface area contributed by atoms with Crippen molar-refractivity contribution in [1.29, 1.82) is 0 Å². The fraction of sp³-hybridized carbons (Fsp3) is 0.533. The molecule has 2 aliphatic rings. The third-order valence-corrected chi connectivity index (χ3v) is 5.19. The van der Waals surface area contributed by atoms with Crippen molar-refractivity contribution in [1.82, 2.24) is 10.0 Å². The molecule has 1 aromatic rings. The number of halogens is 1. The predicted octanol–water partition coefficient (Wildman–Crippen LogP) is 1.75. The number of benzene rings is 1. The van der Waals surface area contributed by atoms with Gasteiger partial charge in [0.05, 0.1) is 12.1 Å². The summed E-state index contributed by atoms with van der Waals surface area (Å²) < 4.78 is 18.9. The molecule has 1 heterocycles. The zero-order chi connectivity index (χ0) is 15.7. The number of anilines is 1. The van der Waals surface area contributed by atoms with Crippen molar-refractivity contribution in [2.45, 2.75) is 25.7 Å². The van der Waals surface area contributed by atoms with E-state index in [0.717, 1.165) is 43.5 Å². The zero-order valence-electron chi connectivity index (χ0n) is 12.5. The van der Waals surface area contributed by atoms with E-state index in [0.29, 0.717) is 17.9 Å². The molecule has 5 nitrogen and oxygen atoms in total. The quantitative estimate of drug-likeness (QED) is 0.584. The molecule has 1 atom stereocenters. The van der Waals surface area contributed by atoms with Crippen LogP contribution in [-0.2, 0) is 17.6 Å². The maximum Gasteiger partial charge on any atom is 0.251 e. The smallest absolute Gasteiger partial charge is 0.251 e. The van der Waals surface area contributed by atoms with Gasteiger partial charge >= 0.3 is 0 Å². The lowest BCUT2D eigenvalue weighted by molar-refractivity contribution is -0.117. The van der Waals surface area contributed by atoms with Crippen LogP contribution in [-0.4, -0.2) is 31.2 Å². The van der Waals surface area contributed by atoms with E-state index in [-0.39, 0.29) is 29.7 Å². The third-order valence-electron chi connectivity index (χ3n) is 4.34. The van der Waals surface area contributed by atoms with E-state index in [4.69, 9.17) is 0 Å². The summed E-state index contributed by atoms with van der Waals surface area (Å²) in [6, 6.07) is 1.67. The van der Waals surface area contributed by atoms with Gasteiger partial charge in [-0.1, -0.05) is 0 Å². The Morgan fingerprint density at radius 3 is 2.95 bits per heavy atom. The first-order valence-corrected chi connectivity index (χ1v) is 8.28. The van der Waals surface area contributed by atoms with Gasteiger partial charge in [0.15, 0.2) is 5.82 Å². The molecular formula is C15H20FN3O2S. The van der Waals surface area contributed by atoms with Crippen LogP contribution in [0.2, 0.25) is 0 Å². The summed E-state index contributed by atoms with van der Waals surface area (Å²) in [5.74, 6) is -0.143. The Kier molecular flexibility index (Phi) is 4.44. The number of carbonyl (C=O) groups is 1. The summed E-state index contributed by atoms with van der Waals surface area (Å²) in [6.45, 7) is 0.977. The average Bonchev–Trinajstić information content (AvgIpc) is 2.78. The summed E-state index contributed by atoms with van der Waals surface area (Å²) in [7, 11) is 1.93. The molecule has 0 saturated carbocycles. The van der Waals surface area contributed by atoms with Crippen LogP contribution in [0, 0.1) is 11.7 Å². The molecule has 1 aliphatic carbocycles. The highest BCUT2D eigenvalue weighted by atomic mass is 32.2. The maximum absolute atomic E-state index is 14.9. The lowest BCUT2D eigenvalue weighted by Gasteiger charge is -2.19. The number of aromatic hydroxyl groups is 1. The number of phenols is 1. The predicted molar refractivity (Wildman–Crippen MR) is 85.2 cm³/mol. The second-order valence-corrected chi connectivity index (χ2v) is 6.68. The van der Waals surface area contributed by atoms with E-state index >= 15 is 0 Å². The van der Waals surface area contributed by atoms with Crippen molar-refractivity contribution in [2.75, 3.05) is 24.4 Å². The lowest BCUT2D eigenvalue weighted by atomic mass is 10.00. The Labute approximate surface area is 133 Å². The molecule has 3 N–H and O–H groups in total. The first-order valence-electron chi connectivity index (χ1n) is 7.51. The minimum absolute atomic E-state index is 0.0519. The van der Waals surface area contributed by atoms with E-state index in [1.165, 1.54) is 4.31 Å². The number of hydrogen-bond acceptors (Lipinski definition) is 5. The topological polar surface area (TPSA) is 64.6 Å². The Morgan fingerprint density at radius 1 is 1.50 bits per heavy atom. The van der Waals surface area contributed by atoms with Crippen LogP contribution < -0.4 is 14.3 Å². The lowest BCUT2D eigenvalue weighted by Crippen LogP contribution is -2.19. The summed E-state index contributed by atoms with van der Waals surface area (Å²) in [5, 5.41) is 13.4. The van der Waals surface area contributed by atoms with E-state index in [1.54, 1.807) is 6.07 Å². The average molecular weight is 325 g/mol. The van der Waals surface area contributed by atoms with Crippen molar-refractivity contribution in [3.8, 4) is 5.75 Å². The minimum Gasteiger partial charge on any atom is -0.506 e. The molecule has 0 spiro atoms. The highest BCUT2D eigenvalue weighted by molar-refractivity contribution is 7.99. The number of nitrogens with one attached hydrogen (secondary N) is 2. The van der Waals surface area contributed by atoms with Gasteiger partial charge in [-0.3, -0.25) is 13.8 Å². The Balaban J connectivity index is 1.91. The molecule has 0 unspecified atom stereocenters. The van der Waals surface area contributed by atoms with Gasteiger partial charge in [-0.15, -0.1) is 0 Å². The molecule has 1 saturated heterocycles. The van der Waals surface area contributed by atoms with Crippen LogP contribution in [0.4, 0.5) is 10.1 Å². The van der Waals surface area contributed by atoms with E-state index in [2.05, 4.69) is 10.0 Å². The maximum atomic E-state index is 14.9. The molecule has 1 fully saturated rings. The molecule has 0 radical (unpaired) electrons. The zero-order valence-corrected chi connectivity index (χ0v) is 13.3. The van der Waals surface area contributed by atoms with Crippen LogP contribution in [0.25, 0.3) is 0 Å². The second-order valence-electron chi connectivity index (χ2n) is 5.85. The molecule has 120 valence electrons. The van der Waals surface area contributed by atoms with Crippen molar-refractivity contribution in [3.63, 3.8) is 0 Å². The van der Waals surface area contributed by atoms with Crippen LogP contribution in [0.1, 0.15) is 24.0 Å². The normalized spacial score (nSPS) is 21.5. The highest BCUT2D eigenvalue weighted by Gasteiger charge is 2.29. The molecule has 22 heavy (non-hydrogen) atoms. The van der Waals surface area contributed by atoms with Gasteiger partial charge in [0, 0.05) is 0 Å². The summed E-state index contributed by atoms with van der Waals surface area (Å²) in [4.78, 5) is 11.3. The Morgan fingerprint density at radius 2 is 2.27 bits per heavy atom. The monoisotopic (exact) mass is 325 g/mol. The summed E-state index contributed by atoms with van der Waals surface area (Å²) >= 11 is 1.02. The Hall–Kier alpha value is -1.47. The number of phenolic OH excluding ortho intramolecular Hbond substituents is 1. The summed E-state index contributed by atoms with van der Waals surface area (Å²) in [5.41, 5.74) is 1.70. The van der Waals surface area contributed by atoms with Gasteiger partial charge < -0.3 is 10.4 Å². The number of nitrogens with zero attached hydrogens (tertiary/aromatic N) is 1. The van der Waals surface area contributed by atoms with Crippen molar-refractivity contribution in [2.24, 2.45) is 5.92 Å². The van der Waals surface area contributed by atoms with Gasteiger partial charge in [0.2, 0.25) is 0 Å². The fourth-order valence-corrected chi connectivity index (χ4v) is 3.94. The van der Waals surface area contributed by atoms with E-state index in [1.807, 2.05) is 7.05 Å². The molecule has 0 aromatic heterocycles. The SMILES string of the molecule is CNC[C@@H]1CCc2cc(O)c(N3CC(=O)NS3)c(F)c2CC1.